The molecule has 1 heterocycles. The van der Waals surface area contributed by atoms with Crippen LogP contribution in [0.15, 0.2) is 36.4 Å². The summed E-state index contributed by atoms with van der Waals surface area (Å²) in [5.41, 5.74) is -2.33. The van der Waals surface area contributed by atoms with Crippen molar-refractivity contribution >= 4 is 11.6 Å². The van der Waals surface area contributed by atoms with E-state index in [-0.39, 0.29) is 0 Å². The van der Waals surface area contributed by atoms with Crippen LogP contribution in [0.4, 0.5) is 26.3 Å². The molecule has 2 aromatic carbocycles. The van der Waals surface area contributed by atoms with Gasteiger partial charge >= 0.3 is 6.18 Å². The molecule has 0 atom stereocenters. The second-order valence-electron chi connectivity index (χ2n) is 4.88. The first-order chi connectivity index (χ1) is 11.7. The highest BCUT2D eigenvalue weighted by atomic mass is 35.5. The lowest BCUT2D eigenvalue weighted by Gasteiger charge is -2.12. The molecule has 10 heteroatoms. The molecule has 0 saturated heterocycles. The predicted octanol–water partition coefficient (Wildman–Crippen LogP) is 5.02. The normalized spacial score (nSPS) is 11.8. The molecule has 0 unspecified atom stereocenters. The van der Waals surface area contributed by atoms with E-state index >= 15 is 0 Å². The number of para-hydroxylation sites is 1. The predicted molar refractivity (Wildman–Crippen MR) is 76.7 cm³/mol. The largest absolute Gasteiger partial charge is 0.418 e. The number of nitrogens with zero attached hydrogens (tertiary/aromatic N) is 3. The van der Waals surface area contributed by atoms with Gasteiger partial charge in [0, 0.05) is 12.1 Å². The van der Waals surface area contributed by atoms with Crippen molar-refractivity contribution in [1.82, 2.24) is 14.8 Å². The third-order valence-electron chi connectivity index (χ3n) is 3.24. The zero-order chi connectivity index (χ0) is 18.4. The summed E-state index contributed by atoms with van der Waals surface area (Å²) in [5.74, 6) is -4.39. The fraction of sp³-hybridized carbons (Fsp3) is 0.0667. The standard InChI is InChI=1S/C15H6ClF6N3/c16-14-23-13(12-9(18)5-7(17)6-10(12)19)24-25(14)11-4-2-1-3-8(11)15(20,21)22/h1-6H. The summed E-state index contributed by atoms with van der Waals surface area (Å²) in [4.78, 5) is 3.58. The topological polar surface area (TPSA) is 30.7 Å². The molecule has 0 aliphatic heterocycles. The highest BCUT2D eigenvalue weighted by Gasteiger charge is 2.34. The minimum absolute atomic E-state index is 0.399. The third kappa shape index (κ3) is 3.19. The Bertz CT molecular complexity index is 928. The highest BCUT2D eigenvalue weighted by molar-refractivity contribution is 6.28. The van der Waals surface area contributed by atoms with E-state index in [0.29, 0.717) is 16.8 Å². The van der Waals surface area contributed by atoms with Crippen molar-refractivity contribution in [3.05, 3.63) is 64.7 Å². The van der Waals surface area contributed by atoms with Gasteiger partial charge in [0.05, 0.1) is 16.8 Å². The first-order valence-corrected chi connectivity index (χ1v) is 7.00. The van der Waals surface area contributed by atoms with E-state index in [1.807, 2.05) is 0 Å². The summed E-state index contributed by atoms with van der Waals surface area (Å²) in [5, 5.41) is 3.10. The molecule has 0 radical (unpaired) electrons. The van der Waals surface area contributed by atoms with Crippen LogP contribution in [0.1, 0.15) is 5.56 Å². The summed E-state index contributed by atoms with van der Waals surface area (Å²) >= 11 is 5.79. The zero-order valence-electron chi connectivity index (χ0n) is 12.0. The van der Waals surface area contributed by atoms with E-state index in [1.165, 1.54) is 6.07 Å². The van der Waals surface area contributed by atoms with Gasteiger partial charge in [0.2, 0.25) is 5.28 Å². The van der Waals surface area contributed by atoms with Gasteiger partial charge in [0.15, 0.2) is 5.82 Å². The van der Waals surface area contributed by atoms with Crippen molar-refractivity contribution < 1.29 is 26.3 Å². The minimum atomic E-state index is -4.71. The zero-order valence-corrected chi connectivity index (χ0v) is 12.7. The Labute approximate surface area is 141 Å². The van der Waals surface area contributed by atoms with Crippen molar-refractivity contribution in [2.45, 2.75) is 6.18 Å². The summed E-state index contributed by atoms with van der Waals surface area (Å²) in [6.07, 6.45) is -4.71. The molecule has 25 heavy (non-hydrogen) atoms. The van der Waals surface area contributed by atoms with Crippen LogP contribution in [0.2, 0.25) is 5.28 Å². The number of halogens is 7. The Balaban J connectivity index is 2.19. The molecule has 0 bridgehead atoms. The van der Waals surface area contributed by atoms with Gasteiger partial charge in [-0.2, -0.15) is 18.2 Å². The fourth-order valence-corrected chi connectivity index (χ4v) is 2.42. The lowest BCUT2D eigenvalue weighted by atomic mass is 10.1. The fourth-order valence-electron chi connectivity index (χ4n) is 2.21. The van der Waals surface area contributed by atoms with Crippen LogP contribution in [-0.2, 0) is 6.18 Å². The molecule has 0 amide bonds. The highest BCUT2D eigenvalue weighted by Crippen LogP contribution is 2.35. The van der Waals surface area contributed by atoms with E-state index in [1.54, 1.807) is 0 Å². The summed E-state index contributed by atoms with van der Waals surface area (Å²) in [7, 11) is 0. The van der Waals surface area contributed by atoms with Gasteiger partial charge in [-0.15, -0.1) is 5.10 Å². The number of alkyl halides is 3. The SMILES string of the molecule is Fc1cc(F)c(-c2nc(Cl)n(-c3ccccc3C(F)(F)F)n2)c(F)c1. The lowest BCUT2D eigenvalue weighted by Crippen LogP contribution is -2.11. The molecule has 3 rings (SSSR count). The Morgan fingerprint density at radius 3 is 2.16 bits per heavy atom. The number of aromatic nitrogens is 3. The van der Waals surface area contributed by atoms with E-state index in [0.717, 1.165) is 18.2 Å². The molecule has 0 aliphatic carbocycles. The Kier molecular flexibility index (Phi) is 4.19. The lowest BCUT2D eigenvalue weighted by molar-refractivity contribution is -0.137. The minimum Gasteiger partial charge on any atom is -0.207 e. The molecular weight excluding hydrogens is 372 g/mol. The molecule has 130 valence electrons. The van der Waals surface area contributed by atoms with Gasteiger partial charge in [-0.25, -0.2) is 17.9 Å². The van der Waals surface area contributed by atoms with Crippen molar-refractivity contribution in [3.8, 4) is 17.1 Å². The quantitative estimate of drug-likeness (QED) is 0.587. The maximum absolute atomic E-state index is 13.8. The maximum atomic E-state index is 13.8. The first-order valence-electron chi connectivity index (χ1n) is 6.62. The number of rotatable bonds is 2. The average Bonchev–Trinajstić information content (AvgIpc) is 2.86. The molecule has 0 fully saturated rings. The number of hydrogen-bond donors (Lipinski definition) is 0. The molecule has 0 saturated carbocycles. The van der Waals surface area contributed by atoms with Crippen LogP contribution in [0.25, 0.3) is 17.1 Å². The van der Waals surface area contributed by atoms with Crippen LogP contribution in [0, 0.1) is 17.5 Å². The van der Waals surface area contributed by atoms with Crippen LogP contribution < -0.4 is 0 Å². The van der Waals surface area contributed by atoms with Crippen molar-refractivity contribution in [2.24, 2.45) is 0 Å². The summed E-state index contributed by atoms with van der Waals surface area (Å²) in [6.45, 7) is 0. The van der Waals surface area contributed by atoms with Crippen LogP contribution in [0.3, 0.4) is 0 Å². The van der Waals surface area contributed by atoms with Crippen molar-refractivity contribution in [1.29, 1.82) is 0 Å². The maximum Gasteiger partial charge on any atom is 0.418 e. The van der Waals surface area contributed by atoms with Gasteiger partial charge < -0.3 is 0 Å². The van der Waals surface area contributed by atoms with E-state index in [2.05, 4.69) is 10.1 Å². The number of hydrogen-bond acceptors (Lipinski definition) is 2. The summed E-state index contributed by atoms with van der Waals surface area (Å²) < 4.78 is 80.5. The van der Waals surface area contributed by atoms with Gasteiger partial charge in [-0.1, -0.05) is 12.1 Å². The van der Waals surface area contributed by atoms with E-state index in [4.69, 9.17) is 11.6 Å². The second kappa shape index (κ2) is 6.07. The van der Waals surface area contributed by atoms with Crippen LogP contribution in [-0.4, -0.2) is 14.8 Å². The third-order valence-corrected chi connectivity index (χ3v) is 3.48. The van der Waals surface area contributed by atoms with Crippen molar-refractivity contribution in [3.63, 3.8) is 0 Å². The number of benzene rings is 2. The van der Waals surface area contributed by atoms with Gasteiger partial charge in [0.1, 0.15) is 17.5 Å². The molecule has 3 nitrogen and oxygen atoms in total. The smallest absolute Gasteiger partial charge is 0.207 e. The van der Waals surface area contributed by atoms with Crippen LogP contribution in [0.5, 0.6) is 0 Å². The average molecular weight is 378 g/mol. The van der Waals surface area contributed by atoms with Gasteiger partial charge in [-0.3, -0.25) is 0 Å². The summed E-state index contributed by atoms with van der Waals surface area (Å²) in [6, 6.07) is 5.14. The van der Waals surface area contributed by atoms with Gasteiger partial charge in [0.25, 0.3) is 0 Å². The monoisotopic (exact) mass is 377 g/mol. The Morgan fingerprint density at radius 1 is 0.960 bits per heavy atom. The second-order valence-corrected chi connectivity index (χ2v) is 5.21. The van der Waals surface area contributed by atoms with Gasteiger partial charge in [-0.05, 0) is 23.7 Å². The Hall–Kier alpha value is -2.55. The first kappa shape index (κ1) is 17.3. The Morgan fingerprint density at radius 2 is 1.56 bits per heavy atom. The molecule has 0 aliphatic rings. The van der Waals surface area contributed by atoms with E-state index < -0.39 is 51.6 Å². The van der Waals surface area contributed by atoms with E-state index in [9.17, 15) is 26.3 Å². The molecule has 0 spiro atoms. The molecular formula is C15H6ClF6N3. The molecule has 1 aromatic heterocycles. The van der Waals surface area contributed by atoms with Crippen LogP contribution >= 0.6 is 11.6 Å². The van der Waals surface area contributed by atoms with Crippen molar-refractivity contribution in [2.75, 3.05) is 0 Å². The molecule has 3 aromatic rings. The molecule has 0 N–H and O–H groups in total.